The van der Waals surface area contributed by atoms with E-state index in [1.54, 1.807) is 6.92 Å². The monoisotopic (exact) mass is 352 g/mol. The number of amides is 1. The zero-order valence-electron chi connectivity index (χ0n) is 15.1. The van der Waals surface area contributed by atoms with Crippen molar-refractivity contribution in [2.75, 3.05) is 39.3 Å². The lowest BCUT2D eigenvalue weighted by molar-refractivity contribution is -0.130. The Morgan fingerprint density at radius 3 is 2.44 bits per heavy atom. The summed E-state index contributed by atoms with van der Waals surface area (Å²) in [7, 11) is 0. The van der Waals surface area contributed by atoms with Gasteiger partial charge in [-0.15, -0.1) is 0 Å². The summed E-state index contributed by atoms with van der Waals surface area (Å²) in [5, 5.41) is 3.25. The molecule has 0 saturated carbocycles. The van der Waals surface area contributed by atoms with E-state index in [-0.39, 0.29) is 11.8 Å². The molecule has 0 spiro atoms. The molecule has 5 nitrogen and oxygen atoms in total. The molecule has 1 heterocycles. The lowest BCUT2D eigenvalue weighted by Crippen LogP contribution is -2.53. The Bertz CT molecular complexity index is 628. The number of carbonyl (C=O) groups excluding carboxylic acids is 1. The molecular formula is C18H26F2N4O. The maximum absolute atomic E-state index is 13.9. The Labute approximate surface area is 147 Å². The summed E-state index contributed by atoms with van der Waals surface area (Å²) < 4.78 is 26.9. The van der Waals surface area contributed by atoms with Crippen molar-refractivity contribution >= 4 is 11.9 Å². The van der Waals surface area contributed by atoms with E-state index >= 15 is 0 Å². The van der Waals surface area contributed by atoms with Crippen LogP contribution in [0.4, 0.5) is 8.78 Å². The Morgan fingerprint density at radius 1 is 1.24 bits per heavy atom. The van der Waals surface area contributed by atoms with Gasteiger partial charge in [0.25, 0.3) is 0 Å². The van der Waals surface area contributed by atoms with Gasteiger partial charge in [0.05, 0.1) is 0 Å². The number of piperazine rings is 1. The number of carbonyl (C=O) groups is 1. The first kappa shape index (κ1) is 19.1. The summed E-state index contributed by atoms with van der Waals surface area (Å²) in [5.41, 5.74) is 0.461. The second-order valence-corrected chi connectivity index (χ2v) is 6.25. The summed E-state index contributed by atoms with van der Waals surface area (Å²) in [6.45, 7) is 9.33. The normalized spacial score (nSPS) is 16.8. The number of hydrogen-bond acceptors (Lipinski definition) is 2. The zero-order valence-corrected chi connectivity index (χ0v) is 15.1. The average Bonchev–Trinajstić information content (AvgIpc) is 2.58. The van der Waals surface area contributed by atoms with Crippen molar-refractivity contribution in [3.05, 3.63) is 35.4 Å². The number of nitrogens with zero attached hydrogens (tertiary/aromatic N) is 3. The van der Waals surface area contributed by atoms with Gasteiger partial charge in [-0.3, -0.25) is 9.79 Å². The van der Waals surface area contributed by atoms with Crippen LogP contribution >= 0.6 is 0 Å². The summed E-state index contributed by atoms with van der Waals surface area (Å²) in [6.07, 6.45) is 0. The van der Waals surface area contributed by atoms with Gasteiger partial charge < -0.3 is 15.1 Å². The first-order chi connectivity index (χ1) is 11.9. The molecule has 1 unspecified atom stereocenters. The molecule has 2 rings (SSSR count). The molecule has 25 heavy (non-hydrogen) atoms. The Hall–Kier alpha value is -2.18. The largest absolute Gasteiger partial charge is 0.357 e. The van der Waals surface area contributed by atoms with Gasteiger partial charge in [0.15, 0.2) is 5.96 Å². The predicted octanol–water partition coefficient (Wildman–Crippen LogP) is 2.20. The highest BCUT2D eigenvalue weighted by Gasteiger charge is 2.21. The van der Waals surface area contributed by atoms with Crippen LogP contribution in [0.15, 0.2) is 23.2 Å². The number of halogens is 2. The van der Waals surface area contributed by atoms with Gasteiger partial charge in [-0.1, -0.05) is 13.0 Å². The molecule has 0 radical (unpaired) electrons. The molecule has 1 N–H and O–H groups in total. The molecule has 1 atom stereocenters. The number of hydrogen-bond donors (Lipinski definition) is 1. The summed E-state index contributed by atoms with van der Waals surface area (Å²) >= 11 is 0. The molecule has 1 aromatic carbocycles. The minimum absolute atomic E-state index is 0.0852. The van der Waals surface area contributed by atoms with E-state index in [1.807, 2.05) is 18.7 Å². The molecule has 1 saturated heterocycles. The molecular weight excluding hydrogens is 326 g/mol. The summed E-state index contributed by atoms with van der Waals surface area (Å²) in [6, 6.07) is 3.65. The molecule has 0 aromatic heterocycles. The molecule has 7 heteroatoms. The quantitative estimate of drug-likeness (QED) is 0.668. The maximum Gasteiger partial charge on any atom is 0.219 e. The van der Waals surface area contributed by atoms with E-state index < -0.39 is 11.6 Å². The molecule has 1 amide bonds. The fourth-order valence-corrected chi connectivity index (χ4v) is 2.88. The van der Waals surface area contributed by atoms with Crippen LogP contribution in [-0.4, -0.2) is 60.9 Å². The SMILES string of the molecule is CCNC(=NCC(C)c1ccc(F)cc1F)N1CCN(C(C)=O)CC1. The Morgan fingerprint density at radius 2 is 1.88 bits per heavy atom. The van der Waals surface area contributed by atoms with E-state index in [0.29, 0.717) is 38.3 Å². The van der Waals surface area contributed by atoms with Gasteiger partial charge in [-0.25, -0.2) is 8.78 Å². The van der Waals surface area contributed by atoms with Crippen molar-refractivity contribution in [2.24, 2.45) is 4.99 Å². The molecule has 0 bridgehead atoms. The van der Waals surface area contributed by atoms with Crippen molar-refractivity contribution < 1.29 is 13.6 Å². The van der Waals surface area contributed by atoms with Crippen LogP contribution in [0, 0.1) is 11.6 Å². The van der Waals surface area contributed by atoms with Gasteiger partial charge in [0.1, 0.15) is 11.6 Å². The van der Waals surface area contributed by atoms with Crippen LogP contribution in [0.2, 0.25) is 0 Å². The second-order valence-electron chi connectivity index (χ2n) is 6.25. The maximum atomic E-state index is 13.9. The molecule has 1 fully saturated rings. The number of aliphatic imine (C=N–C) groups is 1. The highest BCUT2D eigenvalue weighted by Crippen LogP contribution is 2.20. The minimum atomic E-state index is -0.575. The van der Waals surface area contributed by atoms with E-state index in [0.717, 1.165) is 18.6 Å². The van der Waals surface area contributed by atoms with Gasteiger partial charge in [-0.2, -0.15) is 0 Å². The summed E-state index contributed by atoms with van der Waals surface area (Å²) in [4.78, 5) is 20.0. The van der Waals surface area contributed by atoms with Crippen molar-refractivity contribution in [2.45, 2.75) is 26.7 Å². The van der Waals surface area contributed by atoms with Crippen LogP contribution in [0.25, 0.3) is 0 Å². The topological polar surface area (TPSA) is 47.9 Å². The van der Waals surface area contributed by atoms with Gasteiger partial charge >= 0.3 is 0 Å². The fourth-order valence-electron chi connectivity index (χ4n) is 2.88. The fraction of sp³-hybridized carbons (Fsp3) is 0.556. The van der Waals surface area contributed by atoms with Gasteiger partial charge in [-0.05, 0) is 18.6 Å². The van der Waals surface area contributed by atoms with Crippen LogP contribution in [-0.2, 0) is 4.79 Å². The predicted molar refractivity (Wildman–Crippen MR) is 94.6 cm³/mol. The summed E-state index contributed by atoms with van der Waals surface area (Å²) in [5.74, 6) is -0.425. The molecule has 1 aromatic rings. The van der Waals surface area contributed by atoms with E-state index in [1.165, 1.54) is 12.1 Å². The molecule has 138 valence electrons. The molecule has 1 aliphatic rings. The Balaban J connectivity index is 2.03. The van der Waals surface area contributed by atoms with Crippen LogP contribution < -0.4 is 5.32 Å². The van der Waals surface area contributed by atoms with E-state index in [4.69, 9.17) is 0 Å². The molecule has 0 aliphatic carbocycles. The highest BCUT2D eigenvalue weighted by molar-refractivity contribution is 5.80. The van der Waals surface area contributed by atoms with Crippen LogP contribution in [0.3, 0.4) is 0 Å². The lowest BCUT2D eigenvalue weighted by Gasteiger charge is -2.36. The zero-order chi connectivity index (χ0) is 18.4. The smallest absolute Gasteiger partial charge is 0.219 e. The highest BCUT2D eigenvalue weighted by atomic mass is 19.1. The van der Waals surface area contributed by atoms with Crippen LogP contribution in [0.1, 0.15) is 32.3 Å². The number of rotatable bonds is 4. The van der Waals surface area contributed by atoms with Crippen molar-refractivity contribution in [3.63, 3.8) is 0 Å². The van der Waals surface area contributed by atoms with Gasteiger partial charge in [0, 0.05) is 58.2 Å². The first-order valence-corrected chi connectivity index (χ1v) is 8.66. The number of nitrogens with one attached hydrogen (secondary N) is 1. The first-order valence-electron chi connectivity index (χ1n) is 8.66. The number of guanidine groups is 1. The minimum Gasteiger partial charge on any atom is -0.357 e. The molecule has 1 aliphatic heterocycles. The lowest BCUT2D eigenvalue weighted by atomic mass is 10.0. The van der Waals surface area contributed by atoms with Crippen molar-refractivity contribution in [1.82, 2.24) is 15.1 Å². The van der Waals surface area contributed by atoms with Gasteiger partial charge in [0.2, 0.25) is 5.91 Å². The van der Waals surface area contributed by atoms with Crippen molar-refractivity contribution in [3.8, 4) is 0 Å². The third-order valence-corrected chi connectivity index (χ3v) is 4.37. The second kappa shape index (κ2) is 8.78. The average molecular weight is 352 g/mol. The van der Waals surface area contributed by atoms with Crippen LogP contribution in [0.5, 0.6) is 0 Å². The van der Waals surface area contributed by atoms with E-state index in [2.05, 4.69) is 15.2 Å². The third-order valence-electron chi connectivity index (χ3n) is 4.37. The Kier molecular flexibility index (Phi) is 6.73. The van der Waals surface area contributed by atoms with Crippen molar-refractivity contribution in [1.29, 1.82) is 0 Å². The number of benzene rings is 1. The third kappa shape index (κ3) is 5.14. The van der Waals surface area contributed by atoms with E-state index in [9.17, 15) is 13.6 Å². The standard InChI is InChI=1S/C18H26F2N4O/c1-4-21-18(24-9-7-23(8-10-24)14(3)25)22-12-13(2)16-6-5-15(19)11-17(16)20/h5-6,11,13H,4,7-10,12H2,1-3H3,(H,21,22).